The molecule has 1 aliphatic rings. The van der Waals surface area contributed by atoms with Crippen molar-refractivity contribution in [2.24, 2.45) is 5.92 Å². The number of hydrogen-bond acceptors (Lipinski definition) is 8. The van der Waals surface area contributed by atoms with Crippen molar-refractivity contribution in [3.05, 3.63) is 41.6 Å². The SMILES string of the molecule is c1cc(CN2CCC[C@H](Cc3cc(Nc4nncs4)ncn3)C2)[nH]n1. The minimum Gasteiger partial charge on any atom is -0.315 e. The fourth-order valence-electron chi connectivity index (χ4n) is 3.29. The highest BCUT2D eigenvalue weighted by atomic mass is 32.1. The van der Waals surface area contributed by atoms with Gasteiger partial charge >= 0.3 is 0 Å². The van der Waals surface area contributed by atoms with E-state index in [9.17, 15) is 0 Å². The molecule has 0 saturated carbocycles. The zero-order chi connectivity index (χ0) is 16.9. The van der Waals surface area contributed by atoms with E-state index >= 15 is 0 Å². The predicted molar refractivity (Wildman–Crippen MR) is 95.5 cm³/mol. The summed E-state index contributed by atoms with van der Waals surface area (Å²) in [4.78, 5) is 11.2. The lowest BCUT2D eigenvalue weighted by Crippen LogP contribution is -2.35. The molecule has 0 amide bonds. The van der Waals surface area contributed by atoms with Crippen molar-refractivity contribution in [1.82, 2.24) is 35.3 Å². The van der Waals surface area contributed by atoms with Gasteiger partial charge in [-0.1, -0.05) is 11.3 Å². The van der Waals surface area contributed by atoms with Gasteiger partial charge in [0.2, 0.25) is 5.13 Å². The van der Waals surface area contributed by atoms with Crippen LogP contribution in [0.15, 0.2) is 30.2 Å². The van der Waals surface area contributed by atoms with Gasteiger partial charge in [0.05, 0.1) is 0 Å². The van der Waals surface area contributed by atoms with Crippen LogP contribution in [0.4, 0.5) is 10.9 Å². The molecule has 3 aromatic rings. The van der Waals surface area contributed by atoms with E-state index in [0.29, 0.717) is 5.92 Å². The number of anilines is 2. The van der Waals surface area contributed by atoms with E-state index in [1.165, 1.54) is 29.9 Å². The average molecular weight is 356 g/mol. The minimum absolute atomic E-state index is 0.612. The largest absolute Gasteiger partial charge is 0.315 e. The first-order chi connectivity index (χ1) is 12.3. The summed E-state index contributed by atoms with van der Waals surface area (Å²) in [5.41, 5.74) is 3.93. The number of rotatable bonds is 6. The number of nitrogens with zero attached hydrogens (tertiary/aromatic N) is 6. The highest BCUT2D eigenvalue weighted by Crippen LogP contribution is 2.22. The second kappa shape index (κ2) is 7.66. The number of likely N-dealkylation sites (tertiary alicyclic amines) is 1. The van der Waals surface area contributed by atoms with E-state index in [1.54, 1.807) is 11.8 Å². The molecule has 1 atom stereocenters. The van der Waals surface area contributed by atoms with Crippen LogP contribution in [0, 0.1) is 5.92 Å². The fraction of sp³-hybridized carbons (Fsp3) is 0.438. The standard InChI is InChI=1S/C16H20N8S/c1-2-12(8-24(5-1)9-13-3-4-19-22-13)6-14-7-15(18-10-17-14)21-16-23-20-11-25-16/h3-4,7,10-12H,1-2,5-6,8-9H2,(H,19,22)(H,17,18,21,23)/t12-/m1/s1. The average Bonchev–Trinajstić information content (AvgIpc) is 3.30. The van der Waals surface area contributed by atoms with E-state index in [1.807, 2.05) is 18.3 Å². The second-order valence-corrected chi connectivity index (χ2v) is 7.13. The molecule has 130 valence electrons. The van der Waals surface area contributed by atoms with Crippen LogP contribution in [0.5, 0.6) is 0 Å². The monoisotopic (exact) mass is 356 g/mol. The van der Waals surface area contributed by atoms with E-state index in [-0.39, 0.29) is 0 Å². The molecule has 4 heterocycles. The van der Waals surface area contributed by atoms with Crippen LogP contribution in [-0.4, -0.2) is 48.4 Å². The van der Waals surface area contributed by atoms with Crippen LogP contribution in [0.2, 0.25) is 0 Å². The van der Waals surface area contributed by atoms with Crippen molar-refractivity contribution >= 4 is 22.3 Å². The third-order valence-electron chi connectivity index (χ3n) is 4.37. The van der Waals surface area contributed by atoms with Gasteiger partial charge in [-0.25, -0.2) is 9.97 Å². The molecular weight excluding hydrogens is 336 g/mol. The second-order valence-electron chi connectivity index (χ2n) is 6.29. The van der Waals surface area contributed by atoms with Crippen LogP contribution in [0.3, 0.4) is 0 Å². The Morgan fingerprint density at radius 2 is 2.36 bits per heavy atom. The normalized spacial score (nSPS) is 18.3. The van der Waals surface area contributed by atoms with E-state index in [2.05, 4.69) is 40.6 Å². The minimum atomic E-state index is 0.612. The molecule has 8 nitrogen and oxygen atoms in total. The quantitative estimate of drug-likeness (QED) is 0.699. The van der Waals surface area contributed by atoms with Crippen molar-refractivity contribution in [2.45, 2.75) is 25.8 Å². The van der Waals surface area contributed by atoms with Crippen LogP contribution < -0.4 is 5.32 Å². The highest BCUT2D eigenvalue weighted by Gasteiger charge is 2.21. The Morgan fingerprint density at radius 3 is 3.20 bits per heavy atom. The number of hydrogen-bond donors (Lipinski definition) is 2. The van der Waals surface area contributed by atoms with Gasteiger partial charge in [0.15, 0.2) is 0 Å². The Labute approximate surface area is 149 Å². The van der Waals surface area contributed by atoms with Gasteiger partial charge in [0.25, 0.3) is 0 Å². The summed E-state index contributed by atoms with van der Waals surface area (Å²) in [5, 5.41) is 18.8. The van der Waals surface area contributed by atoms with Crippen molar-refractivity contribution in [3.63, 3.8) is 0 Å². The molecule has 9 heteroatoms. The van der Waals surface area contributed by atoms with Gasteiger partial charge in [0, 0.05) is 36.7 Å². The van der Waals surface area contributed by atoms with Crippen molar-refractivity contribution < 1.29 is 0 Å². The van der Waals surface area contributed by atoms with Crippen LogP contribution >= 0.6 is 11.3 Å². The molecule has 4 rings (SSSR count). The van der Waals surface area contributed by atoms with E-state index in [0.717, 1.165) is 42.7 Å². The molecule has 2 N–H and O–H groups in total. The van der Waals surface area contributed by atoms with Crippen LogP contribution in [0.25, 0.3) is 0 Å². The summed E-state index contributed by atoms with van der Waals surface area (Å²) < 4.78 is 0. The number of aromatic nitrogens is 6. The number of piperidine rings is 1. The summed E-state index contributed by atoms with van der Waals surface area (Å²) in [6.07, 6.45) is 6.85. The van der Waals surface area contributed by atoms with Gasteiger partial charge in [-0.2, -0.15) is 5.10 Å². The van der Waals surface area contributed by atoms with E-state index in [4.69, 9.17) is 0 Å². The molecular formula is C16H20N8S. The Balaban J connectivity index is 1.36. The molecule has 3 aromatic heterocycles. The van der Waals surface area contributed by atoms with Gasteiger partial charge in [-0.3, -0.25) is 10.00 Å². The molecule has 1 aliphatic heterocycles. The smallest absolute Gasteiger partial charge is 0.210 e. The van der Waals surface area contributed by atoms with Gasteiger partial charge in [-0.05, 0) is 37.8 Å². The predicted octanol–water partition coefficient (Wildman–Crippen LogP) is 2.25. The number of H-pyrrole nitrogens is 1. The molecule has 1 fully saturated rings. The lowest BCUT2D eigenvalue weighted by Gasteiger charge is -2.32. The third-order valence-corrected chi connectivity index (χ3v) is 4.98. The van der Waals surface area contributed by atoms with Crippen LogP contribution in [0.1, 0.15) is 24.2 Å². The topological polar surface area (TPSA) is 95.5 Å². The molecule has 0 radical (unpaired) electrons. The molecule has 25 heavy (non-hydrogen) atoms. The van der Waals surface area contributed by atoms with E-state index < -0.39 is 0 Å². The third kappa shape index (κ3) is 4.37. The maximum Gasteiger partial charge on any atom is 0.210 e. The zero-order valence-corrected chi connectivity index (χ0v) is 14.6. The first kappa shape index (κ1) is 16.1. The lowest BCUT2D eigenvalue weighted by atomic mass is 9.93. The Bertz CT molecular complexity index is 773. The molecule has 0 aliphatic carbocycles. The Kier molecular flexibility index (Phi) is 4.93. The van der Waals surface area contributed by atoms with Crippen molar-refractivity contribution in [1.29, 1.82) is 0 Å². The number of aromatic amines is 1. The van der Waals surface area contributed by atoms with Gasteiger partial charge in [0.1, 0.15) is 17.7 Å². The number of nitrogens with one attached hydrogen (secondary N) is 2. The van der Waals surface area contributed by atoms with Crippen LogP contribution in [-0.2, 0) is 13.0 Å². The molecule has 0 aromatic carbocycles. The Morgan fingerprint density at radius 1 is 1.36 bits per heavy atom. The summed E-state index contributed by atoms with van der Waals surface area (Å²) in [6.45, 7) is 3.16. The molecule has 0 bridgehead atoms. The zero-order valence-electron chi connectivity index (χ0n) is 13.8. The lowest BCUT2D eigenvalue weighted by molar-refractivity contribution is 0.164. The molecule has 0 unspecified atom stereocenters. The first-order valence-electron chi connectivity index (χ1n) is 8.40. The summed E-state index contributed by atoms with van der Waals surface area (Å²) >= 11 is 1.45. The molecule has 0 spiro atoms. The Hall–Kier alpha value is -2.39. The summed E-state index contributed by atoms with van der Waals surface area (Å²) in [7, 11) is 0. The summed E-state index contributed by atoms with van der Waals surface area (Å²) in [5.74, 6) is 1.38. The van der Waals surface area contributed by atoms with Gasteiger partial charge < -0.3 is 5.32 Å². The fourth-order valence-corrected chi connectivity index (χ4v) is 3.74. The first-order valence-corrected chi connectivity index (χ1v) is 9.28. The highest BCUT2D eigenvalue weighted by molar-refractivity contribution is 7.13. The van der Waals surface area contributed by atoms with Gasteiger partial charge in [-0.15, -0.1) is 10.2 Å². The summed E-state index contributed by atoms with van der Waals surface area (Å²) in [6, 6.07) is 4.05. The molecule has 1 saturated heterocycles. The van der Waals surface area contributed by atoms with Crippen molar-refractivity contribution in [3.8, 4) is 0 Å². The maximum atomic E-state index is 4.45. The van der Waals surface area contributed by atoms with Crippen molar-refractivity contribution in [2.75, 3.05) is 18.4 Å². The maximum absolute atomic E-state index is 4.45.